The van der Waals surface area contributed by atoms with E-state index in [-0.39, 0.29) is 6.42 Å². The largest absolute Gasteiger partial charge is 0.550 e. The lowest BCUT2D eigenvalue weighted by Gasteiger charge is -2.13. The highest BCUT2D eigenvalue weighted by molar-refractivity contribution is 5.64. The predicted octanol–water partition coefficient (Wildman–Crippen LogP) is 1.34. The summed E-state index contributed by atoms with van der Waals surface area (Å²) in [6.07, 6.45) is 4.38. The molecule has 0 fully saturated rings. The molecule has 0 rings (SSSR count). The lowest BCUT2D eigenvalue weighted by Crippen LogP contribution is -2.22. The molecule has 1 atom stereocenters. The lowest BCUT2D eigenvalue weighted by molar-refractivity contribution is -0.306. The zero-order valence-corrected chi connectivity index (χ0v) is 7.43. The summed E-state index contributed by atoms with van der Waals surface area (Å²) in [6, 6.07) is 0. The monoisotopic (exact) mass is 157 g/mol. The van der Waals surface area contributed by atoms with Crippen molar-refractivity contribution in [1.29, 1.82) is 0 Å². The van der Waals surface area contributed by atoms with E-state index in [0.717, 1.165) is 25.7 Å². The van der Waals surface area contributed by atoms with Crippen LogP contribution >= 0.6 is 0 Å². The van der Waals surface area contributed by atoms with Crippen LogP contribution in [0.2, 0.25) is 0 Å². The Morgan fingerprint density at radius 3 is 2.36 bits per heavy atom. The van der Waals surface area contributed by atoms with Gasteiger partial charge < -0.3 is 9.90 Å². The minimum atomic E-state index is -0.917. The average Bonchev–Trinajstić information content (AvgIpc) is 1.97. The number of aliphatic carboxylic acids is 1. The summed E-state index contributed by atoms with van der Waals surface area (Å²) in [7, 11) is 0. The molecule has 2 nitrogen and oxygen atoms in total. The van der Waals surface area contributed by atoms with Crippen LogP contribution in [0.5, 0.6) is 0 Å². The smallest absolute Gasteiger partial charge is 0.0414 e. The molecule has 0 aromatic heterocycles. The van der Waals surface area contributed by atoms with Crippen molar-refractivity contribution in [2.45, 2.75) is 46.0 Å². The van der Waals surface area contributed by atoms with E-state index in [2.05, 4.69) is 13.8 Å². The van der Waals surface area contributed by atoms with Crippen LogP contribution in [0.3, 0.4) is 0 Å². The van der Waals surface area contributed by atoms with Crippen LogP contribution in [0.25, 0.3) is 0 Å². The molecule has 66 valence electrons. The first-order valence-corrected chi connectivity index (χ1v) is 4.40. The maximum atomic E-state index is 10.1. The van der Waals surface area contributed by atoms with Crippen molar-refractivity contribution in [3.63, 3.8) is 0 Å². The van der Waals surface area contributed by atoms with Crippen LogP contribution in [0, 0.1) is 5.92 Å². The molecular weight excluding hydrogens is 140 g/mol. The molecule has 0 spiro atoms. The first kappa shape index (κ1) is 10.5. The van der Waals surface area contributed by atoms with Gasteiger partial charge in [-0.05, 0) is 18.8 Å². The van der Waals surface area contributed by atoms with Gasteiger partial charge in [0.25, 0.3) is 0 Å². The molecule has 0 aromatic carbocycles. The Balaban J connectivity index is 3.43. The summed E-state index contributed by atoms with van der Waals surface area (Å²) in [4.78, 5) is 10.1. The zero-order valence-electron chi connectivity index (χ0n) is 7.43. The fourth-order valence-corrected chi connectivity index (χ4v) is 1.28. The zero-order chi connectivity index (χ0) is 8.69. The highest BCUT2D eigenvalue weighted by atomic mass is 16.4. The number of hydrogen-bond donors (Lipinski definition) is 0. The minimum Gasteiger partial charge on any atom is -0.550 e. The minimum absolute atomic E-state index is 0.221. The second-order valence-electron chi connectivity index (χ2n) is 2.97. The molecule has 0 radical (unpaired) electrons. The molecule has 11 heavy (non-hydrogen) atoms. The summed E-state index contributed by atoms with van der Waals surface area (Å²) < 4.78 is 0. The standard InChI is InChI=1S/C9H18O2/c1-3-5-8(4-2)6-7-9(10)11/h8H,3-7H2,1-2H3,(H,10,11)/p-1. The number of rotatable bonds is 6. The first-order valence-electron chi connectivity index (χ1n) is 4.40. The Bertz CT molecular complexity index is 110. The van der Waals surface area contributed by atoms with Gasteiger partial charge in [0.05, 0.1) is 0 Å². The number of carbonyl (C=O) groups is 1. The van der Waals surface area contributed by atoms with Gasteiger partial charge in [-0.2, -0.15) is 0 Å². The molecule has 1 unspecified atom stereocenters. The Hall–Kier alpha value is -0.530. The van der Waals surface area contributed by atoms with Crippen LogP contribution in [0.1, 0.15) is 46.0 Å². The third kappa shape index (κ3) is 5.89. The molecule has 0 bridgehead atoms. The van der Waals surface area contributed by atoms with E-state index in [1.165, 1.54) is 0 Å². The highest BCUT2D eigenvalue weighted by Crippen LogP contribution is 2.16. The quantitative estimate of drug-likeness (QED) is 0.583. The van der Waals surface area contributed by atoms with Crippen molar-refractivity contribution < 1.29 is 9.90 Å². The molecule has 0 N–H and O–H groups in total. The van der Waals surface area contributed by atoms with Crippen molar-refractivity contribution in [1.82, 2.24) is 0 Å². The maximum absolute atomic E-state index is 10.1. The van der Waals surface area contributed by atoms with Gasteiger partial charge in [0.15, 0.2) is 0 Å². The van der Waals surface area contributed by atoms with E-state index >= 15 is 0 Å². The van der Waals surface area contributed by atoms with Crippen molar-refractivity contribution in [3.8, 4) is 0 Å². The van der Waals surface area contributed by atoms with Crippen LogP contribution in [0.4, 0.5) is 0 Å². The van der Waals surface area contributed by atoms with Crippen LogP contribution < -0.4 is 5.11 Å². The van der Waals surface area contributed by atoms with Crippen molar-refractivity contribution in [2.75, 3.05) is 0 Å². The Morgan fingerprint density at radius 1 is 1.36 bits per heavy atom. The van der Waals surface area contributed by atoms with Gasteiger partial charge in [0.1, 0.15) is 0 Å². The molecule has 0 aliphatic carbocycles. The molecule has 2 heteroatoms. The Morgan fingerprint density at radius 2 is 2.00 bits per heavy atom. The Kier molecular flexibility index (Phi) is 5.90. The molecule has 0 saturated heterocycles. The van der Waals surface area contributed by atoms with Gasteiger partial charge in [0, 0.05) is 5.97 Å². The fraction of sp³-hybridized carbons (Fsp3) is 0.889. The van der Waals surface area contributed by atoms with Gasteiger partial charge >= 0.3 is 0 Å². The SMILES string of the molecule is CCCC(CC)CCC(=O)[O-]. The first-order chi connectivity index (χ1) is 5.20. The molecule has 0 aromatic rings. The number of carbonyl (C=O) groups excluding carboxylic acids is 1. The second kappa shape index (κ2) is 6.20. The summed E-state index contributed by atoms with van der Waals surface area (Å²) in [5.41, 5.74) is 0. The van der Waals surface area contributed by atoms with E-state index in [1.54, 1.807) is 0 Å². The predicted molar refractivity (Wildman–Crippen MR) is 42.9 cm³/mol. The topological polar surface area (TPSA) is 40.1 Å². The molecule has 0 aliphatic rings. The van der Waals surface area contributed by atoms with Gasteiger partial charge in [-0.3, -0.25) is 0 Å². The molecule has 0 amide bonds. The van der Waals surface area contributed by atoms with E-state index in [9.17, 15) is 9.90 Å². The summed E-state index contributed by atoms with van der Waals surface area (Å²) in [6.45, 7) is 4.23. The summed E-state index contributed by atoms with van der Waals surface area (Å²) in [5, 5.41) is 10.1. The number of carboxylic acid groups (broad SMARTS) is 1. The lowest BCUT2D eigenvalue weighted by atomic mass is 9.95. The molecule has 0 heterocycles. The van der Waals surface area contributed by atoms with E-state index in [0.29, 0.717) is 5.92 Å². The van der Waals surface area contributed by atoms with Gasteiger partial charge in [0.2, 0.25) is 0 Å². The fourth-order valence-electron chi connectivity index (χ4n) is 1.28. The van der Waals surface area contributed by atoms with Crippen LogP contribution in [-0.2, 0) is 4.79 Å². The van der Waals surface area contributed by atoms with Gasteiger partial charge in [-0.1, -0.05) is 33.1 Å². The molecule has 0 aliphatic heterocycles. The van der Waals surface area contributed by atoms with Crippen LogP contribution in [0.15, 0.2) is 0 Å². The van der Waals surface area contributed by atoms with Crippen molar-refractivity contribution in [3.05, 3.63) is 0 Å². The number of carboxylic acids is 1. The number of hydrogen-bond acceptors (Lipinski definition) is 2. The second-order valence-corrected chi connectivity index (χ2v) is 2.97. The maximum Gasteiger partial charge on any atom is 0.0414 e. The molecule has 0 saturated carbocycles. The molecular formula is C9H17O2-. The third-order valence-corrected chi connectivity index (χ3v) is 2.03. The Labute approximate surface area is 68.6 Å². The van der Waals surface area contributed by atoms with Gasteiger partial charge in [-0.25, -0.2) is 0 Å². The van der Waals surface area contributed by atoms with E-state index in [4.69, 9.17) is 0 Å². The van der Waals surface area contributed by atoms with E-state index in [1.807, 2.05) is 0 Å². The summed E-state index contributed by atoms with van der Waals surface area (Å²) in [5.74, 6) is -0.336. The summed E-state index contributed by atoms with van der Waals surface area (Å²) >= 11 is 0. The van der Waals surface area contributed by atoms with E-state index < -0.39 is 5.97 Å². The van der Waals surface area contributed by atoms with Crippen molar-refractivity contribution >= 4 is 5.97 Å². The third-order valence-electron chi connectivity index (χ3n) is 2.03. The normalized spacial score (nSPS) is 12.9. The van der Waals surface area contributed by atoms with Crippen LogP contribution in [-0.4, -0.2) is 5.97 Å². The van der Waals surface area contributed by atoms with Crippen molar-refractivity contribution in [2.24, 2.45) is 5.92 Å². The average molecular weight is 157 g/mol. The van der Waals surface area contributed by atoms with Gasteiger partial charge in [-0.15, -0.1) is 0 Å². The highest BCUT2D eigenvalue weighted by Gasteiger charge is 2.03.